The van der Waals surface area contributed by atoms with Gasteiger partial charge in [0.2, 0.25) is 0 Å². The van der Waals surface area contributed by atoms with E-state index in [-0.39, 0.29) is 6.42 Å². The molecule has 0 radical (unpaired) electrons. The maximum atomic E-state index is 11.9. The number of hydrogen-bond donors (Lipinski definition) is 2. The van der Waals surface area contributed by atoms with Gasteiger partial charge in [-0.15, -0.1) is 0 Å². The number of nitrogens with one attached hydrogen (secondary N) is 1. The minimum atomic E-state index is -1.15. The van der Waals surface area contributed by atoms with Gasteiger partial charge in [0.1, 0.15) is 6.04 Å². The fourth-order valence-corrected chi connectivity index (χ4v) is 1.96. The van der Waals surface area contributed by atoms with Crippen molar-refractivity contribution >= 4 is 27.8 Å². The lowest BCUT2D eigenvalue weighted by atomic mass is 9.98. The van der Waals surface area contributed by atoms with Crippen molar-refractivity contribution in [2.24, 2.45) is 5.92 Å². The summed E-state index contributed by atoms with van der Waals surface area (Å²) in [4.78, 5) is 23.1. The molecule has 0 heterocycles. The molecule has 5 nitrogen and oxygen atoms in total. The number of rotatable bonds is 5. The maximum Gasteiger partial charge on any atom is 0.326 e. The highest BCUT2D eigenvalue weighted by molar-refractivity contribution is 9.10. The van der Waals surface area contributed by atoms with Crippen molar-refractivity contribution in [3.63, 3.8) is 0 Å². The van der Waals surface area contributed by atoms with E-state index < -0.39 is 23.8 Å². The van der Waals surface area contributed by atoms with Gasteiger partial charge in [0.05, 0.1) is 6.07 Å². The smallest absolute Gasteiger partial charge is 0.326 e. The number of amides is 1. The molecule has 1 amide bonds. The third-order valence-corrected chi connectivity index (χ3v) is 3.12. The van der Waals surface area contributed by atoms with Gasteiger partial charge in [-0.3, -0.25) is 4.79 Å². The SMILES string of the molecule is C[C@@H](CC#N)[C@@H](NC(=O)c1cccc(Br)c1)C(=O)O. The summed E-state index contributed by atoms with van der Waals surface area (Å²) in [6.07, 6.45) is 0.0652. The number of carboxylic acid groups (broad SMARTS) is 1. The van der Waals surface area contributed by atoms with Gasteiger partial charge < -0.3 is 10.4 Å². The van der Waals surface area contributed by atoms with E-state index in [0.29, 0.717) is 5.56 Å². The normalized spacial score (nSPS) is 13.1. The molecule has 0 spiro atoms. The molecule has 0 aliphatic rings. The van der Waals surface area contributed by atoms with E-state index in [2.05, 4.69) is 21.2 Å². The van der Waals surface area contributed by atoms with Gasteiger partial charge in [0.15, 0.2) is 0 Å². The Morgan fingerprint density at radius 1 is 1.53 bits per heavy atom. The summed E-state index contributed by atoms with van der Waals surface area (Å²) >= 11 is 3.24. The van der Waals surface area contributed by atoms with Crippen LogP contribution in [-0.2, 0) is 4.79 Å². The molecule has 1 aromatic carbocycles. The molecule has 100 valence electrons. The number of carbonyl (C=O) groups excluding carboxylic acids is 1. The fourth-order valence-electron chi connectivity index (χ4n) is 1.56. The first kappa shape index (κ1) is 15.2. The summed E-state index contributed by atoms with van der Waals surface area (Å²) in [6, 6.07) is 7.47. The Kier molecular flexibility index (Phi) is 5.52. The Hall–Kier alpha value is -1.87. The molecule has 0 saturated carbocycles. The number of nitriles is 1. The van der Waals surface area contributed by atoms with Crippen LogP contribution in [0, 0.1) is 17.2 Å². The average molecular weight is 325 g/mol. The van der Waals surface area contributed by atoms with Gasteiger partial charge in [0, 0.05) is 22.4 Å². The first-order valence-electron chi connectivity index (χ1n) is 5.62. The average Bonchev–Trinajstić information content (AvgIpc) is 2.35. The number of aliphatic carboxylic acids is 1. The molecule has 0 unspecified atom stereocenters. The van der Waals surface area contributed by atoms with Crippen LogP contribution in [0.2, 0.25) is 0 Å². The van der Waals surface area contributed by atoms with Crippen LogP contribution >= 0.6 is 15.9 Å². The van der Waals surface area contributed by atoms with Crippen LogP contribution in [0.5, 0.6) is 0 Å². The van der Waals surface area contributed by atoms with Crippen molar-refractivity contribution in [1.29, 1.82) is 5.26 Å². The summed E-state index contributed by atoms with van der Waals surface area (Å²) < 4.78 is 0.733. The second kappa shape index (κ2) is 6.90. The molecule has 0 aliphatic heterocycles. The Morgan fingerprint density at radius 3 is 2.74 bits per heavy atom. The number of benzene rings is 1. The number of nitrogens with zero attached hydrogens (tertiary/aromatic N) is 1. The van der Waals surface area contributed by atoms with Crippen LogP contribution in [0.25, 0.3) is 0 Å². The Bertz CT molecular complexity index is 525. The van der Waals surface area contributed by atoms with Gasteiger partial charge in [-0.05, 0) is 18.2 Å². The topological polar surface area (TPSA) is 90.2 Å². The highest BCUT2D eigenvalue weighted by atomic mass is 79.9. The fraction of sp³-hybridized carbons (Fsp3) is 0.308. The van der Waals surface area contributed by atoms with E-state index in [9.17, 15) is 9.59 Å². The second-order valence-corrected chi connectivity index (χ2v) is 5.05. The first-order chi connectivity index (χ1) is 8.95. The number of hydrogen-bond acceptors (Lipinski definition) is 3. The van der Waals surface area contributed by atoms with Crippen LogP contribution in [0.1, 0.15) is 23.7 Å². The Balaban J connectivity index is 2.83. The summed E-state index contributed by atoms with van der Waals surface area (Å²) in [7, 11) is 0. The standard InChI is InChI=1S/C13H13BrN2O3/c1-8(5-6-15)11(13(18)19)16-12(17)9-3-2-4-10(14)7-9/h2-4,7-8,11H,5H2,1H3,(H,16,17)(H,18,19)/t8-,11+/m0/s1. The molecule has 0 fully saturated rings. The molecule has 0 aromatic heterocycles. The van der Waals surface area contributed by atoms with Crippen molar-refractivity contribution in [2.75, 3.05) is 0 Å². The van der Waals surface area contributed by atoms with Crippen molar-refractivity contribution in [3.8, 4) is 6.07 Å². The monoisotopic (exact) mass is 324 g/mol. The predicted molar refractivity (Wildman–Crippen MR) is 72.4 cm³/mol. The van der Waals surface area contributed by atoms with E-state index in [1.165, 1.54) is 0 Å². The molecule has 0 saturated heterocycles. The Labute approximate surface area is 119 Å². The zero-order valence-electron chi connectivity index (χ0n) is 10.3. The highest BCUT2D eigenvalue weighted by Gasteiger charge is 2.26. The van der Waals surface area contributed by atoms with Crippen molar-refractivity contribution < 1.29 is 14.7 Å². The summed E-state index contributed by atoms with van der Waals surface area (Å²) in [6.45, 7) is 1.61. The highest BCUT2D eigenvalue weighted by Crippen LogP contribution is 2.13. The zero-order valence-corrected chi connectivity index (χ0v) is 11.8. The third-order valence-electron chi connectivity index (χ3n) is 2.62. The van der Waals surface area contributed by atoms with Crippen LogP contribution in [0.4, 0.5) is 0 Å². The van der Waals surface area contributed by atoms with Crippen LogP contribution in [0.15, 0.2) is 28.7 Å². The number of carboxylic acids is 1. The number of carbonyl (C=O) groups is 2. The summed E-state index contributed by atoms with van der Waals surface area (Å²) in [5.74, 6) is -2.08. The quantitative estimate of drug-likeness (QED) is 0.868. The van der Waals surface area contributed by atoms with Gasteiger partial charge in [-0.1, -0.05) is 28.9 Å². The largest absolute Gasteiger partial charge is 0.480 e. The molecular formula is C13H13BrN2O3. The molecule has 6 heteroatoms. The maximum absolute atomic E-state index is 11.9. The van der Waals surface area contributed by atoms with Crippen molar-refractivity contribution in [1.82, 2.24) is 5.32 Å². The first-order valence-corrected chi connectivity index (χ1v) is 6.41. The third kappa shape index (κ3) is 4.38. The molecule has 2 N–H and O–H groups in total. The van der Waals surface area contributed by atoms with Crippen molar-refractivity contribution in [2.45, 2.75) is 19.4 Å². The summed E-state index contributed by atoms with van der Waals surface area (Å²) in [5.41, 5.74) is 0.366. The molecule has 0 aliphatic carbocycles. The lowest BCUT2D eigenvalue weighted by Gasteiger charge is -2.19. The van der Waals surface area contributed by atoms with E-state index in [1.54, 1.807) is 31.2 Å². The van der Waals surface area contributed by atoms with Crippen LogP contribution in [0.3, 0.4) is 0 Å². The van der Waals surface area contributed by atoms with Gasteiger partial charge >= 0.3 is 5.97 Å². The van der Waals surface area contributed by atoms with Crippen molar-refractivity contribution in [3.05, 3.63) is 34.3 Å². The van der Waals surface area contributed by atoms with E-state index in [0.717, 1.165) is 4.47 Å². The minimum absolute atomic E-state index is 0.0652. The predicted octanol–water partition coefficient (Wildman–Crippen LogP) is 2.18. The van der Waals surface area contributed by atoms with E-state index >= 15 is 0 Å². The summed E-state index contributed by atoms with van der Waals surface area (Å²) in [5, 5.41) is 20.1. The number of halogens is 1. The van der Waals surface area contributed by atoms with E-state index in [1.807, 2.05) is 6.07 Å². The van der Waals surface area contributed by atoms with Gasteiger partial charge in [0.25, 0.3) is 5.91 Å². The molecule has 2 atom stereocenters. The van der Waals surface area contributed by atoms with E-state index in [4.69, 9.17) is 10.4 Å². The van der Waals surface area contributed by atoms with Gasteiger partial charge in [-0.25, -0.2) is 4.79 Å². The zero-order chi connectivity index (χ0) is 14.4. The molecule has 19 heavy (non-hydrogen) atoms. The molecular weight excluding hydrogens is 312 g/mol. The molecule has 1 aromatic rings. The van der Waals surface area contributed by atoms with Crippen LogP contribution < -0.4 is 5.32 Å². The molecule has 0 bridgehead atoms. The Morgan fingerprint density at radius 2 is 2.21 bits per heavy atom. The second-order valence-electron chi connectivity index (χ2n) is 4.14. The minimum Gasteiger partial charge on any atom is -0.480 e. The lowest BCUT2D eigenvalue weighted by Crippen LogP contribution is -2.45. The van der Waals surface area contributed by atoms with Gasteiger partial charge in [-0.2, -0.15) is 5.26 Å². The van der Waals surface area contributed by atoms with Crippen LogP contribution in [-0.4, -0.2) is 23.0 Å². The molecule has 1 rings (SSSR count). The lowest BCUT2D eigenvalue weighted by molar-refractivity contribution is -0.140.